The van der Waals surface area contributed by atoms with Crippen LogP contribution >= 0.6 is 11.8 Å². The van der Waals surface area contributed by atoms with Crippen molar-refractivity contribution >= 4 is 11.8 Å². The fourth-order valence-electron chi connectivity index (χ4n) is 0.887. The molecule has 0 spiro atoms. The van der Waals surface area contributed by atoms with Crippen LogP contribution in [-0.4, -0.2) is 23.7 Å². The Labute approximate surface area is 94.0 Å². The third kappa shape index (κ3) is 12.3. The number of hydrogen-bond acceptors (Lipinski definition) is 2. The minimum absolute atomic E-state index is 0.368. The van der Waals surface area contributed by atoms with Crippen LogP contribution in [0.15, 0.2) is 0 Å². The molecule has 0 saturated carbocycles. The summed E-state index contributed by atoms with van der Waals surface area (Å²) in [5, 5.41) is 0. The van der Waals surface area contributed by atoms with Crippen molar-refractivity contribution in [2.75, 3.05) is 19.0 Å². The first kappa shape index (κ1) is 14.3. The van der Waals surface area contributed by atoms with E-state index in [9.17, 15) is 0 Å². The first-order valence-corrected chi connectivity index (χ1v) is 6.41. The van der Waals surface area contributed by atoms with Gasteiger partial charge in [-0.1, -0.05) is 41.5 Å². The molecule has 0 amide bonds. The van der Waals surface area contributed by atoms with Gasteiger partial charge in [-0.05, 0) is 11.8 Å². The van der Waals surface area contributed by atoms with Crippen LogP contribution in [0.2, 0.25) is 0 Å². The molecule has 1 nitrogen and oxygen atoms in total. The van der Waals surface area contributed by atoms with Gasteiger partial charge in [0.1, 0.15) is 0 Å². The Morgan fingerprint density at radius 1 is 0.929 bits per heavy atom. The van der Waals surface area contributed by atoms with Crippen molar-refractivity contribution in [3.63, 3.8) is 0 Å². The van der Waals surface area contributed by atoms with E-state index in [1.807, 2.05) is 11.8 Å². The van der Waals surface area contributed by atoms with E-state index < -0.39 is 0 Å². The molecule has 0 radical (unpaired) electrons. The van der Waals surface area contributed by atoms with Crippen molar-refractivity contribution in [3.8, 4) is 0 Å². The van der Waals surface area contributed by atoms with Gasteiger partial charge in [-0.3, -0.25) is 0 Å². The summed E-state index contributed by atoms with van der Waals surface area (Å²) in [6, 6.07) is 0. The predicted molar refractivity (Wildman–Crippen MR) is 67.1 cm³/mol. The summed E-state index contributed by atoms with van der Waals surface area (Å²) in [5.41, 5.74) is 0.400. The standard InChI is InChI=1S/C12H26OS/c1-11(2,3)7-8-13-9-10-14-12(4,5)6/h7-10H2,1-6H3. The quantitative estimate of drug-likeness (QED) is 0.646. The van der Waals surface area contributed by atoms with Crippen molar-refractivity contribution in [2.45, 2.75) is 52.7 Å². The molecule has 0 aromatic heterocycles. The fourth-order valence-corrected chi connectivity index (χ4v) is 1.70. The molecule has 14 heavy (non-hydrogen) atoms. The summed E-state index contributed by atoms with van der Waals surface area (Å²) >= 11 is 1.97. The molecule has 0 N–H and O–H groups in total. The third-order valence-electron chi connectivity index (χ3n) is 1.76. The maximum Gasteiger partial charge on any atom is 0.0556 e. The average Bonchev–Trinajstić information content (AvgIpc) is 1.92. The van der Waals surface area contributed by atoms with E-state index in [1.54, 1.807) is 0 Å². The lowest BCUT2D eigenvalue weighted by Gasteiger charge is -2.19. The van der Waals surface area contributed by atoms with Crippen LogP contribution in [0, 0.1) is 5.41 Å². The van der Waals surface area contributed by atoms with Gasteiger partial charge in [-0.25, -0.2) is 0 Å². The molecule has 0 aliphatic carbocycles. The molecule has 0 aromatic carbocycles. The Balaban J connectivity index is 3.23. The van der Waals surface area contributed by atoms with E-state index in [-0.39, 0.29) is 0 Å². The monoisotopic (exact) mass is 218 g/mol. The number of hydrogen-bond donors (Lipinski definition) is 0. The van der Waals surface area contributed by atoms with Gasteiger partial charge in [-0.2, -0.15) is 11.8 Å². The molecule has 0 unspecified atom stereocenters. The van der Waals surface area contributed by atoms with Crippen molar-refractivity contribution in [3.05, 3.63) is 0 Å². The molecule has 0 atom stereocenters. The summed E-state index contributed by atoms with van der Waals surface area (Å²) in [6.07, 6.45) is 1.15. The highest BCUT2D eigenvalue weighted by molar-refractivity contribution is 8.00. The molecule has 0 heterocycles. The van der Waals surface area contributed by atoms with Crippen LogP contribution in [0.3, 0.4) is 0 Å². The molecule has 0 bridgehead atoms. The molecule has 2 heteroatoms. The highest BCUT2D eigenvalue weighted by Gasteiger charge is 2.11. The molecule has 0 saturated heterocycles. The summed E-state index contributed by atoms with van der Waals surface area (Å²) in [7, 11) is 0. The maximum absolute atomic E-state index is 5.58. The number of thioether (sulfide) groups is 1. The topological polar surface area (TPSA) is 9.23 Å². The third-order valence-corrected chi connectivity index (χ3v) is 3.00. The zero-order valence-corrected chi connectivity index (χ0v) is 11.5. The van der Waals surface area contributed by atoms with Crippen LogP contribution in [0.5, 0.6) is 0 Å². The van der Waals surface area contributed by atoms with Crippen LogP contribution < -0.4 is 0 Å². The molecule has 0 aromatic rings. The average molecular weight is 218 g/mol. The Bertz CT molecular complexity index is 123. The van der Waals surface area contributed by atoms with Gasteiger partial charge in [0.05, 0.1) is 6.61 Å². The van der Waals surface area contributed by atoms with Gasteiger partial charge in [0, 0.05) is 17.1 Å². The highest BCUT2D eigenvalue weighted by Crippen LogP contribution is 2.22. The summed E-state index contributed by atoms with van der Waals surface area (Å²) in [5.74, 6) is 1.10. The van der Waals surface area contributed by atoms with Crippen LogP contribution in [0.1, 0.15) is 48.0 Å². The van der Waals surface area contributed by atoms with Crippen LogP contribution in [-0.2, 0) is 4.74 Å². The first-order chi connectivity index (χ1) is 6.21. The number of rotatable bonds is 5. The molecular formula is C12H26OS. The largest absolute Gasteiger partial charge is 0.381 e. The normalized spacial score (nSPS) is 13.3. The summed E-state index contributed by atoms with van der Waals surface area (Å²) in [4.78, 5) is 0. The molecule has 0 fully saturated rings. The second-order valence-corrected chi connectivity index (χ2v) is 7.81. The molecule has 0 aliphatic heterocycles. The summed E-state index contributed by atoms with van der Waals surface area (Å²) in [6.45, 7) is 15.3. The van der Waals surface area contributed by atoms with Crippen molar-refractivity contribution < 1.29 is 4.74 Å². The van der Waals surface area contributed by atoms with Crippen LogP contribution in [0.25, 0.3) is 0 Å². The van der Waals surface area contributed by atoms with E-state index in [0.29, 0.717) is 10.2 Å². The van der Waals surface area contributed by atoms with Gasteiger partial charge >= 0.3 is 0 Å². The van der Waals surface area contributed by atoms with Crippen molar-refractivity contribution in [1.82, 2.24) is 0 Å². The second-order valence-electron chi connectivity index (χ2n) is 5.88. The van der Waals surface area contributed by atoms with Crippen molar-refractivity contribution in [1.29, 1.82) is 0 Å². The van der Waals surface area contributed by atoms with Gasteiger partial charge in [0.15, 0.2) is 0 Å². The zero-order chi connectivity index (χ0) is 11.2. The predicted octanol–water partition coefficient (Wildman–Crippen LogP) is 3.97. The van der Waals surface area contributed by atoms with E-state index in [2.05, 4.69) is 41.5 Å². The Hall–Kier alpha value is 0.310. The van der Waals surface area contributed by atoms with Gasteiger partial charge < -0.3 is 4.74 Å². The Morgan fingerprint density at radius 3 is 1.93 bits per heavy atom. The highest BCUT2D eigenvalue weighted by atomic mass is 32.2. The second kappa shape index (κ2) is 6.02. The molecule has 0 aliphatic rings. The molecular weight excluding hydrogens is 192 g/mol. The lowest BCUT2D eigenvalue weighted by molar-refractivity contribution is 0.121. The SMILES string of the molecule is CC(C)(C)CCOCCSC(C)(C)C. The van der Waals surface area contributed by atoms with Gasteiger partial charge in [0.2, 0.25) is 0 Å². The first-order valence-electron chi connectivity index (χ1n) is 5.42. The zero-order valence-electron chi connectivity index (χ0n) is 10.6. The van der Waals surface area contributed by atoms with Gasteiger partial charge in [0.25, 0.3) is 0 Å². The van der Waals surface area contributed by atoms with E-state index >= 15 is 0 Å². The fraction of sp³-hybridized carbons (Fsp3) is 1.00. The minimum atomic E-state index is 0.368. The van der Waals surface area contributed by atoms with E-state index in [4.69, 9.17) is 4.74 Å². The summed E-state index contributed by atoms with van der Waals surface area (Å²) < 4.78 is 5.95. The Kier molecular flexibility index (Phi) is 6.15. The smallest absolute Gasteiger partial charge is 0.0556 e. The number of ether oxygens (including phenoxy) is 1. The maximum atomic E-state index is 5.58. The molecule has 86 valence electrons. The van der Waals surface area contributed by atoms with E-state index in [1.165, 1.54) is 0 Å². The lowest BCUT2D eigenvalue weighted by Crippen LogP contribution is -2.13. The van der Waals surface area contributed by atoms with E-state index in [0.717, 1.165) is 25.4 Å². The molecule has 0 rings (SSSR count). The van der Waals surface area contributed by atoms with Gasteiger partial charge in [-0.15, -0.1) is 0 Å². The van der Waals surface area contributed by atoms with Crippen molar-refractivity contribution in [2.24, 2.45) is 5.41 Å². The lowest BCUT2D eigenvalue weighted by atomic mass is 9.93. The minimum Gasteiger partial charge on any atom is -0.381 e. The van der Waals surface area contributed by atoms with Crippen LogP contribution in [0.4, 0.5) is 0 Å². The Morgan fingerprint density at radius 2 is 1.50 bits per heavy atom.